The summed E-state index contributed by atoms with van der Waals surface area (Å²) in [6.07, 6.45) is 6.16. The highest BCUT2D eigenvalue weighted by Crippen LogP contribution is 2.19. The number of carbonyl (C=O) groups is 1. The number of piperidine rings is 2. The van der Waals surface area contributed by atoms with Crippen molar-refractivity contribution in [3.63, 3.8) is 0 Å². The van der Waals surface area contributed by atoms with Gasteiger partial charge in [0.2, 0.25) is 5.91 Å². The summed E-state index contributed by atoms with van der Waals surface area (Å²) in [5.41, 5.74) is 6.76. The molecule has 1 unspecified atom stereocenters. The van der Waals surface area contributed by atoms with Crippen LogP contribution in [-0.4, -0.2) is 74.1 Å². The van der Waals surface area contributed by atoms with Gasteiger partial charge in [-0.15, -0.1) is 0 Å². The standard InChI is InChI=1S/C24H39N5O2/c1-26-24(29-13-5-9-21(19-29)17-23(25)30)27-12-6-16-31-22-10-14-28(15-11-22)18-20-7-3-2-4-8-20/h2-4,7-8,21-22H,5-6,9-19H2,1H3,(H2,25,30)(H,26,27). The lowest BCUT2D eigenvalue weighted by molar-refractivity contribution is -0.119. The van der Waals surface area contributed by atoms with Crippen LogP contribution in [0.25, 0.3) is 0 Å². The minimum absolute atomic E-state index is 0.210. The summed E-state index contributed by atoms with van der Waals surface area (Å²) in [4.78, 5) is 20.4. The van der Waals surface area contributed by atoms with E-state index >= 15 is 0 Å². The zero-order chi connectivity index (χ0) is 21.9. The van der Waals surface area contributed by atoms with Gasteiger partial charge < -0.3 is 20.7 Å². The molecule has 172 valence electrons. The van der Waals surface area contributed by atoms with Gasteiger partial charge in [-0.3, -0.25) is 14.7 Å². The summed E-state index contributed by atoms with van der Waals surface area (Å²) in [6.45, 7) is 6.69. The second kappa shape index (κ2) is 12.7. The molecule has 3 rings (SSSR count). The number of primary amides is 1. The highest BCUT2D eigenvalue weighted by Gasteiger charge is 2.23. The predicted molar refractivity (Wildman–Crippen MR) is 125 cm³/mol. The molecule has 1 amide bonds. The number of aliphatic imine (C=N–C) groups is 1. The zero-order valence-corrected chi connectivity index (χ0v) is 19.0. The number of benzene rings is 1. The molecule has 1 aromatic rings. The molecule has 2 heterocycles. The van der Waals surface area contributed by atoms with Crippen LogP contribution in [0.5, 0.6) is 0 Å². The van der Waals surface area contributed by atoms with E-state index in [1.165, 1.54) is 5.56 Å². The molecule has 1 atom stereocenters. The third-order valence-electron chi connectivity index (χ3n) is 6.26. The van der Waals surface area contributed by atoms with Crippen LogP contribution in [0.2, 0.25) is 0 Å². The van der Waals surface area contributed by atoms with E-state index in [9.17, 15) is 4.79 Å². The minimum atomic E-state index is -0.210. The van der Waals surface area contributed by atoms with Crippen LogP contribution >= 0.6 is 0 Å². The molecule has 2 aliphatic rings. The molecule has 2 fully saturated rings. The first-order valence-corrected chi connectivity index (χ1v) is 11.8. The maximum atomic E-state index is 11.2. The lowest BCUT2D eigenvalue weighted by atomic mass is 9.95. The van der Waals surface area contributed by atoms with E-state index in [1.807, 2.05) is 7.05 Å². The quantitative estimate of drug-likeness (QED) is 0.357. The number of nitrogens with zero attached hydrogens (tertiary/aromatic N) is 3. The van der Waals surface area contributed by atoms with Crippen LogP contribution in [0.3, 0.4) is 0 Å². The number of ether oxygens (including phenoxy) is 1. The number of carbonyl (C=O) groups excluding carboxylic acids is 1. The third kappa shape index (κ3) is 8.15. The Hall–Kier alpha value is -2.12. The maximum absolute atomic E-state index is 11.2. The van der Waals surface area contributed by atoms with Crippen molar-refractivity contribution in [2.75, 3.05) is 46.4 Å². The van der Waals surface area contributed by atoms with Gasteiger partial charge in [0.15, 0.2) is 5.96 Å². The van der Waals surface area contributed by atoms with Gasteiger partial charge in [0, 0.05) is 59.3 Å². The fraction of sp³-hybridized carbons (Fsp3) is 0.667. The monoisotopic (exact) mass is 429 g/mol. The number of nitrogens with two attached hydrogens (primary N) is 1. The Balaban J connectivity index is 1.27. The minimum Gasteiger partial charge on any atom is -0.378 e. The fourth-order valence-corrected chi connectivity index (χ4v) is 4.64. The van der Waals surface area contributed by atoms with Gasteiger partial charge in [0.05, 0.1) is 6.10 Å². The maximum Gasteiger partial charge on any atom is 0.217 e. The number of hydrogen-bond donors (Lipinski definition) is 2. The lowest BCUT2D eigenvalue weighted by Gasteiger charge is -2.34. The summed E-state index contributed by atoms with van der Waals surface area (Å²) in [5, 5.41) is 3.46. The molecular formula is C24H39N5O2. The van der Waals surface area contributed by atoms with Gasteiger partial charge in [-0.2, -0.15) is 0 Å². The van der Waals surface area contributed by atoms with Gasteiger partial charge in [-0.25, -0.2) is 0 Å². The van der Waals surface area contributed by atoms with Crippen molar-refractivity contribution in [2.24, 2.45) is 16.6 Å². The van der Waals surface area contributed by atoms with E-state index in [2.05, 4.69) is 50.4 Å². The molecule has 0 saturated carbocycles. The number of rotatable bonds is 9. The zero-order valence-electron chi connectivity index (χ0n) is 19.0. The average molecular weight is 430 g/mol. The molecule has 0 bridgehead atoms. The summed E-state index contributed by atoms with van der Waals surface area (Å²) in [5.74, 6) is 1.04. The van der Waals surface area contributed by atoms with E-state index < -0.39 is 0 Å². The lowest BCUT2D eigenvalue weighted by Crippen LogP contribution is -2.47. The van der Waals surface area contributed by atoms with Crippen LogP contribution in [-0.2, 0) is 16.1 Å². The number of amides is 1. The fourth-order valence-electron chi connectivity index (χ4n) is 4.64. The predicted octanol–water partition coefficient (Wildman–Crippen LogP) is 2.22. The van der Waals surface area contributed by atoms with E-state index in [0.717, 1.165) is 83.9 Å². The molecule has 0 radical (unpaired) electrons. The highest BCUT2D eigenvalue weighted by atomic mass is 16.5. The van der Waals surface area contributed by atoms with Crippen LogP contribution in [0.1, 0.15) is 44.1 Å². The smallest absolute Gasteiger partial charge is 0.217 e. The van der Waals surface area contributed by atoms with Gasteiger partial charge in [-0.1, -0.05) is 30.3 Å². The largest absolute Gasteiger partial charge is 0.378 e. The van der Waals surface area contributed by atoms with Crippen molar-refractivity contribution < 1.29 is 9.53 Å². The molecule has 0 spiro atoms. The Kier molecular flexibility index (Phi) is 9.62. The second-order valence-corrected chi connectivity index (χ2v) is 8.78. The van der Waals surface area contributed by atoms with Crippen LogP contribution in [0.4, 0.5) is 0 Å². The molecule has 31 heavy (non-hydrogen) atoms. The Bertz CT molecular complexity index is 688. The van der Waals surface area contributed by atoms with Crippen molar-refractivity contribution in [1.82, 2.24) is 15.1 Å². The van der Waals surface area contributed by atoms with Crippen molar-refractivity contribution in [3.05, 3.63) is 35.9 Å². The number of hydrogen-bond acceptors (Lipinski definition) is 4. The van der Waals surface area contributed by atoms with Crippen molar-refractivity contribution in [1.29, 1.82) is 0 Å². The highest BCUT2D eigenvalue weighted by molar-refractivity contribution is 5.80. The van der Waals surface area contributed by atoms with E-state index in [4.69, 9.17) is 10.5 Å². The van der Waals surface area contributed by atoms with Gasteiger partial charge >= 0.3 is 0 Å². The first-order valence-electron chi connectivity index (χ1n) is 11.8. The topological polar surface area (TPSA) is 83.2 Å². The van der Waals surface area contributed by atoms with E-state index in [-0.39, 0.29) is 5.91 Å². The first kappa shape index (κ1) is 23.5. The Morgan fingerprint density at radius 3 is 2.68 bits per heavy atom. The van der Waals surface area contributed by atoms with Crippen LogP contribution in [0.15, 0.2) is 35.3 Å². The summed E-state index contributed by atoms with van der Waals surface area (Å²) < 4.78 is 6.13. The SMILES string of the molecule is CN=C(NCCCOC1CCN(Cc2ccccc2)CC1)N1CCCC(CC(N)=O)C1. The molecule has 2 aliphatic heterocycles. The molecule has 0 aliphatic carbocycles. The molecule has 2 saturated heterocycles. The summed E-state index contributed by atoms with van der Waals surface area (Å²) in [6, 6.07) is 10.7. The molecule has 3 N–H and O–H groups in total. The molecular weight excluding hydrogens is 390 g/mol. The Morgan fingerprint density at radius 1 is 1.19 bits per heavy atom. The summed E-state index contributed by atoms with van der Waals surface area (Å²) in [7, 11) is 1.82. The third-order valence-corrected chi connectivity index (χ3v) is 6.26. The van der Waals surface area contributed by atoms with E-state index in [1.54, 1.807) is 0 Å². The van der Waals surface area contributed by atoms with Crippen LogP contribution in [0, 0.1) is 5.92 Å². The molecule has 1 aromatic carbocycles. The van der Waals surface area contributed by atoms with Gasteiger partial charge in [-0.05, 0) is 43.6 Å². The van der Waals surface area contributed by atoms with Crippen molar-refractivity contribution in [2.45, 2.75) is 51.2 Å². The number of guanidine groups is 1. The van der Waals surface area contributed by atoms with Gasteiger partial charge in [0.1, 0.15) is 0 Å². The molecule has 0 aromatic heterocycles. The molecule has 7 nitrogen and oxygen atoms in total. The number of nitrogens with one attached hydrogen (secondary N) is 1. The van der Waals surface area contributed by atoms with Crippen molar-refractivity contribution >= 4 is 11.9 Å². The molecule has 7 heteroatoms. The summed E-state index contributed by atoms with van der Waals surface area (Å²) >= 11 is 0. The second-order valence-electron chi connectivity index (χ2n) is 8.78. The first-order chi connectivity index (χ1) is 15.1. The number of likely N-dealkylation sites (tertiary alicyclic amines) is 2. The van der Waals surface area contributed by atoms with Crippen molar-refractivity contribution in [3.8, 4) is 0 Å². The Labute approximate surface area is 187 Å². The normalized spacial score (nSPS) is 21.3. The Morgan fingerprint density at radius 2 is 1.97 bits per heavy atom. The van der Waals surface area contributed by atoms with Gasteiger partial charge in [0.25, 0.3) is 0 Å². The van der Waals surface area contributed by atoms with Crippen LogP contribution < -0.4 is 11.1 Å². The van der Waals surface area contributed by atoms with E-state index in [0.29, 0.717) is 18.4 Å². The average Bonchev–Trinajstić information content (AvgIpc) is 2.78.